The minimum absolute atomic E-state index is 0.108. The minimum Gasteiger partial charge on any atom is -0.392 e. The van der Waals surface area contributed by atoms with Gasteiger partial charge in [-0.05, 0) is 6.07 Å². The predicted molar refractivity (Wildman–Crippen MR) is 62.9 cm³/mol. The zero-order chi connectivity index (χ0) is 11.6. The number of hydrogen-bond donors (Lipinski definition) is 1. The molecule has 1 rings (SSSR count). The van der Waals surface area contributed by atoms with Gasteiger partial charge in [0.1, 0.15) is 10.3 Å². The molecule has 2 nitrogen and oxygen atoms in total. The van der Waals surface area contributed by atoms with E-state index in [1.165, 1.54) is 0 Å². The van der Waals surface area contributed by atoms with Gasteiger partial charge >= 0.3 is 0 Å². The Hall–Kier alpha value is -0.310. The molecule has 0 amide bonds. The van der Waals surface area contributed by atoms with Crippen molar-refractivity contribution in [1.29, 1.82) is 0 Å². The molecule has 0 saturated heterocycles. The first-order chi connectivity index (χ1) is 6.74. The van der Waals surface area contributed by atoms with Crippen LogP contribution < -0.4 is 0 Å². The van der Waals surface area contributed by atoms with Crippen LogP contribution in [0.3, 0.4) is 0 Å². The summed E-state index contributed by atoms with van der Waals surface area (Å²) in [6.07, 6.45) is 0. The van der Waals surface area contributed by atoms with Crippen LogP contribution in [0.5, 0.6) is 0 Å². The number of nitrogens with zero attached hydrogens (tertiary/aromatic N) is 1. The molecule has 0 fully saturated rings. The monoisotopic (exact) mass is 237 g/mol. The van der Waals surface area contributed by atoms with Crippen LogP contribution in [0.1, 0.15) is 33.3 Å². The first kappa shape index (κ1) is 16.1. The van der Waals surface area contributed by atoms with E-state index in [1.807, 2.05) is 27.7 Å². The second-order valence-electron chi connectivity index (χ2n) is 1.74. The molecule has 0 aliphatic heterocycles. The Balaban J connectivity index is 0. The van der Waals surface area contributed by atoms with Gasteiger partial charge in [-0.1, -0.05) is 57.0 Å². The molecule has 1 aromatic heterocycles. The molecule has 4 heteroatoms. The summed E-state index contributed by atoms with van der Waals surface area (Å²) in [4.78, 5) is 3.72. The van der Waals surface area contributed by atoms with Crippen molar-refractivity contribution in [2.45, 2.75) is 34.3 Å². The first-order valence-corrected chi connectivity index (χ1v) is 5.41. The van der Waals surface area contributed by atoms with Gasteiger partial charge in [0, 0.05) is 5.56 Å². The molecule has 0 aliphatic rings. The van der Waals surface area contributed by atoms with Crippen LogP contribution in [0.2, 0.25) is 10.3 Å². The van der Waals surface area contributed by atoms with E-state index in [-0.39, 0.29) is 11.8 Å². The van der Waals surface area contributed by atoms with E-state index in [2.05, 4.69) is 4.98 Å². The van der Waals surface area contributed by atoms with Crippen LogP contribution in [0, 0.1) is 0 Å². The molecule has 82 valence electrons. The summed E-state index contributed by atoms with van der Waals surface area (Å²) < 4.78 is 0. The molecule has 0 atom stereocenters. The third kappa shape index (κ3) is 6.19. The fourth-order valence-corrected chi connectivity index (χ4v) is 0.963. The standard InChI is InChI=1S/C6H5Cl2NO.2C2H6/c7-5-2-1-4(3-10)6(8)9-5;2*1-2/h1-2,10H,3H2;2*1-2H3. The van der Waals surface area contributed by atoms with Gasteiger partial charge < -0.3 is 5.11 Å². The Morgan fingerprint density at radius 2 is 1.64 bits per heavy atom. The number of halogens is 2. The number of aliphatic hydroxyl groups is 1. The van der Waals surface area contributed by atoms with Crippen molar-refractivity contribution in [2.24, 2.45) is 0 Å². The summed E-state index contributed by atoms with van der Waals surface area (Å²) in [6.45, 7) is 7.89. The van der Waals surface area contributed by atoms with Crippen molar-refractivity contribution in [3.8, 4) is 0 Å². The van der Waals surface area contributed by atoms with Crippen molar-refractivity contribution < 1.29 is 5.11 Å². The van der Waals surface area contributed by atoms with E-state index >= 15 is 0 Å². The topological polar surface area (TPSA) is 33.1 Å². The second-order valence-corrected chi connectivity index (χ2v) is 2.49. The summed E-state index contributed by atoms with van der Waals surface area (Å²) in [5.74, 6) is 0. The number of aromatic nitrogens is 1. The molecule has 14 heavy (non-hydrogen) atoms. The van der Waals surface area contributed by atoms with Gasteiger partial charge in [-0.2, -0.15) is 0 Å². The summed E-state index contributed by atoms with van der Waals surface area (Å²) >= 11 is 11.1. The fraction of sp³-hybridized carbons (Fsp3) is 0.500. The maximum absolute atomic E-state index is 8.64. The van der Waals surface area contributed by atoms with Crippen LogP contribution in [0.4, 0.5) is 0 Å². The molecule has 0 aliphatic carbocycles. The highest BCUT2D eigenvalue weighted by molar-refractivity contribution is 6.32. The molecule has 0 aromatic carbocycles. The third-order valence-electron chi connectivity index (χ3n) is 1.06. The van der Waals surface area contributed by atoms with Crippen LogP contribution in [0.25, 0.3) is 0 Å². The predicted octanol–water partition coefficient (Wildman–Crippen LogP) is 3.93. The quantitative estimate of drug-likeness (QED) is 0.752. The number of aliphatic hydroxyl groups excluding tert-OH is 1. The lowest BCUT2D eigenvalue weighted by Crippen LogP contribution is -1.87. The first-order valence-electron chi connectivity index (χ1n) is 4.66. The summed E-state index contributed by atoms with van der Waals surface area (Å²) in [5, 5.41) is 9.24. The Morgan fingerprint density at radius 1 is 1.14 bits per heavy atom. The van der Waals surface area contributed by atoms with Crippen molar-refractivity contribution in [1.82, 2.24) is 4.98 Å². The molecular formula is C10H17Cl2NO. The Kier molecular flexibility index (Phi) is 12.4. The maximum atomic E-state index is 8.64. The SMILES string of the molecule is CC.CC.OCc1ccc(Cl)nc1Cl. The van der Waals surface area contributed by atoms with Gasteiger partial charge in [0.25, 0.3) is 0 Å². The van der Waals surface area contributed by atoms with Crippen molar-refractivity contribution in [3.63, 3.8) is 0 Å². The molecule has 0 spiro atoms. The zero-order valence-electron chi connectivity index (χ0n) is 9.01. The van der Waals surface area contributed by atoms with Crippen LogP contribution in [0.15, 0.2) is 12.1 Å². The van der Waals surface area contributed by atoms with Gasteiger partial charge in [-0.3, -0.25) is 0 Å². The molecule has 0 radical (unpaired) electrons. The van der Waals surface area contributed by atoms with E-state index in [0.29, 0.717) is 10.7 Å². The highest BCUT2D eigenvalue weighted by Gasteiger charge is 1.99. The molecule has 0 bridgehead atoms. The van der Waals surface area contributed by atoms with Crippen LogP contribution in [-0.2, 0) is 6.61 Å². The average Bonchev–Trinajstić information content (AvgIpc) is 2.24. The Labute approximate surface area is 95.9 Å². The Bertz CT molecular complexity index is 242. The number of rotatable bonds is 1. The fourth-order valence-electron chi connectivity index (χ4n) is 0.559. The molecular weight excluding hydrogens is 221 g/mol. The normalized spacial score (nSPS) is 7.93. The van der Waals surface area contributed by atoms with Gasteiger partial charge in [0.2, 0.25) is 0 Å². The minimum atomic E-state index is -0.108. The molecule has 1 heterocycles. The summed E-state index contributed by atoms with van der Waals surface area (Å²) in [5.41, 5.74) is 0.589. The highest BCUT2D eigenvalue weighted by atomic mass is 35.5. The van der Waals surface area contributed by atoms with E-state index in [9.17, 15) is 0 Å². The molecule has 1 aromatic rings. The highest BCUT2D eigenvalue weighted by Crippen LogP contribution is 2.15. The van der Waals surface area contributed by atoms with E-state index in [1.54, 1.807) is 12.1 Å². The lowest BCUT2D eigenvalue weighted by atomic mass is 10.3. The van der Waals surface area contributed by atoms with Crippen LogP contribution >= 0.6 is 23.2 Å². The summed E-state index contributed by atoms with van der Waals surface area (Å²) in [6, 6.07) is 3.22. The van der Waals surface area contributed by atoms with Crippen molar-refractivity contribution in [3.05, 3.63) is 28.0 Å². The third-order valence-corrected chi connectivity index (χ3v) is 1.60. The zero-order valence-corrected chi connectivity index (χ0v) is 10.5. The summed E-state index contributed by atoms with van der Waals surface area (Å²) in [7, 11) is 0. The van der Waals surface area contributed by atoms with Gasteiger partial charge in [0.15, 0.2) is 0 Å². The van der Waals surface area contributed by atoms with Gasteiger partial charge in [-0.25, -0.2) is 4.98 Å². The number of hydrogen-bond acceptors (Lipinski definition) is 2. The van der Waals surface area contributed by atoms with E-state index in [0.717, 1.165) is 0 Å². The smallest absolute Gasteiger partial charge is 0.136 e. The van der Waals surface area contributed by atoms with Crippen molar-refractivity contribution >= 4 is 23.2 Å². The molecule has 0 unspecified atom stereocenters. The lowest BCUT2D eigenvalue weighted by molar-refractivity contribution is 0.281. The van der Waals surface area contributed by atoms with Crippen LogP contribution in [-0.4, -0.2) is 10.1 Å². The van der Waals surface area contributed by atoms with Gasteiger partial charge in [0.05, 0.1) is 6.61 Å². The lowest BCUT2D eigenvalue weighted by Gasteiger charge is -1.97. The van der Waals surface area contributed by atoms with E-state index in [4.69, 9.17) is 28.3 Å². The maximum Gasteiger partial charge on any atom is 0.136 e. The average molecular weight is 238 g/mol. The largest absolute Gasteiger partial charge is 0.392 e. The van der Waals surface area contributed by atoms with E-state index < -0.39 is 0 Å². The Morgan fingerprint density at radius 3 is 2.00 bits per heavy atom. The molecule has 1 N–H and O–H groups in total. The second kappa shape index (κ2) is 10.8. The number of pyridine rings is 1. The van der Waals surface area contributed by atoms with Gasteiger partial charge in [-0.15, -0.1) is 0 Å². The van der Waals surface area contributed by atoms with Crippen molar-refractivity contribution in [2.75, 3.05) is 0 Å². The molecule has 0 saturated carbocycles.